The van der Waals surface area contributed by atoms with E-state index in [1.54, 1.807) is 0 Å². The van der Waals surface area contributed by atoms with E-state index in [2.05, 4.69) is 6.07 Å². The summed E-state index contributed by atoms with van der Waals surface area (Å²) in [6, 6.07) is 21.2. The van der Waals surface area contributed by atoms with Gasteiger partial charge in [0, 0.05) is 6.07 Å². The minimum absolute atomic E-state index is 0.265. The summed E-state index contributed by atoms with van der Waals surface area (Å²) in [5.74, 6) is 1.11. The maximum absolute atomic E-state index is 11.0. The Bertz CT molecular complexity index is 1220. The topological polar surface area (TPSA) is 129 Å². The number of nitriles is 1. The van der Waals surface area contributed by atoms with Crippen molar-refractivity contribution in [1.29, 1.82) is 5.26 Å². The van der Waals surface area contributed by atoms with Crippen LogP contribution >= 0.6 is 0 Å². The Hall–Kier alpha value is -4.45. The van der Waals surface area contributed by atoms with Crippen LogP contribution in [0.5, 0.6) is 11.5 Å². The number of hydrogen-bond donors (Lipinski definition) is 0. The number of benzene rings is 3. The number of nitro benzene ring substituents is 2. The molecule has 0 amide bonds. The van der Waals surface area contributed by atoms with E-state index in [1.807, 2.05) is 48.5 Å². The van der Waals surface area contributed by atoms with Gasteiger partial charge in [0.15, 0.2) is 0 Å². The van der Waals surface area contributed by atoms with Crippen molar-refractivity contribution < 1.29 is 19.3 Å². The summed E-state index contributed by atoms with van der Waals surface area (Å²) in [5.41, 5.74) is 1.68. The molecule has 37 heavy (non-hydrogen) atoms. The fourth-order valence-electron chi connectivity index (χ4n) is 3.84. The van der Waals surface area contributed by atoms with E-state index in [0.29, 0.717) is 18.8 Å². The van der Waals surface area contributed by atoms with Crippen LogP contribution < -0.4 is 9.47 Å². The largest absolute Gasteiger partial charge is 0.494 e. The summed E-state index contributed by atoms with van der Waals surface area (Å²) < 4.78 is 11.4. The summed E-state index contributed by atoms with van der Waals surface area (Å²) >= 11 is 0. The maximum Gasteiger partial charge on any atom is 0.349 e. The fourth-order valence-corrected chi connectivity index (χ4v) is 3.84. The van der Waals surface area contributed by atoms with Gasteiger partial charge in [-0.15, -0.1) is 0 Å². The van der Waals surface area contributed by atoms with Gasteiger partial charge in [-0.1, -0.05) is 56.4 Å². The molecule has 0 aliphatic carbocycles. The summed E-state index contributed by atoms with van der Waals surface area (Å²) in [7, 11) is 0. The highest BCUT2D eigenvalue weighted by Gasteiger charge is 2.24. The van der Waals surface area contributed by atoms with Gasteiger partial charge in [-0.3, -0.25) is 20.2 Å². The van der Waals surface area contributed by atoms with E-state index in [-0.39, 0.29) is 5.75 Å². The van der Waals surface area contributed by atoms with Crippen LogP contribution in [-0.4, -0.2) is 23.1 Å². The predicted molar refractivity (Wildman–Crippen MR) is 140 cm³/mol. The van der Waals surface area contributed by atoms with E-state index in [0.717, 1.165) is 74.0 Å². The van der Waals surface area contributed by atoms with Gasteiger partial charge in [0.1, 0.15) is 11.5 Å². The first-order chi connectivity index (χ1) is 18.0. The summed E-state index contributed by atoms with van der Waals surface area (Å²) in [6.07, 6.45) is 7.18. The monoisotopic (exact) mass is 503 g/mol. The molecule has 0 radical (unpaired) electrons. The van der Waals surface area contributed by atoms with Gasteiger partial charge in [0.25, 0.3) is 0 Å². The van der Waals surface area contributed by atoms with E-state index < -0.39 is 21.2 Å². The average molecular weight is 504 g/mol. The molecule has 0 fully saturated rings. The molecule has 3 aromatic rings. The van der Waals surface area contributed by atoms with Crippen LogP contribution in [0.15, 0.2) is 66.7 Å². The Balaban J connectivity index is 1.23. The fraction of sp³-hybridized carbons (Fsp3) is 0.321. The molecule has 0 heterocycles. The van der Waals surface area contributed by atoms with E-state index in [9.17, 15) is 20.2 Å². The quantitative estimate of drug-likeness (QED) is 0.121. The van der Waals surface area contributed by atoms with Crippen molar-refractivity contribution in [2.24, 2.45) is 0 Å². The van der Waals surface area contributed by atoms with Crippen molar-refractivity contribution in [1.82, 2.24) is 0 Å². The molecule has 0 spiro atoms. The second kappa shape index (κ2) is 14.2. The van der Waals surface area contributed by atoms with Gasteiger partial charge in [-0.2, -0.15) is 5.26 Å². The highest BCUT2D eigenvalue weighted by molar-refractivity contribution is 5.65. The van der Waals surface area contributed by atoms with E-state index in [1.165, 1.54) is 6.07 Å². The molecular formula is C28H29N3O6. The molecular weight excluding hydrogens is 474 g/mol. The van der Waals surface area contributed by atoms with Crippen molar-refractivity contribution in [2.45, 2.75) is 44.9 Å². The van der Waals surface area contributed by atoms with Crippen molar-refractivity contribution >= 4 is 11.4 Å². The van der Waals surface area contributed by atoms with Gasteiger partial charge in [0.05, 0.1) is 40.8 Å². The molecule has 0 atom stereocenters. The smallest absolute Gasteiger partial charge is 0.349 e. The predicted octanol–water partition coefficient (Wildman–Crippen LogP) is 7.23. The Morgan fingerprint density at radius 2 is 1.08 bits per heavy atom. The Morgan fingerprint density at radius 1 is 0.622 bits per heavy atom. The highest BCUT2D eigenvalue weighted by atomic mass is 16.6. The molecule has 0 aromatic heterocycles. The van der Waals surface area contributed by atoms with Crippen molar-refractivity contribution in [3.05, 3.63) is 92.5 Å². The van der Waals surface area contributed by atoms with E-state index in [4.69, 9.17) is 14.7 Å². The molecule has 192 valence electrons. The van der Waals surface area contributed by atoms with Crippen LogP contribution in [0.25, 0.3) is 11.1 Å². The Labute approximate surface area is 215 Å². The molecule has 0 aliphatic heterocycles. The zero-order chi connectivity index (χ0) is 26.5. The number of rotatable bonds is 15. The zero-order valence-electron chi connectivity index (χ0n) is 20.5. The third-order valence-corrected chi connectivity index (χ3v) is 5.87. The average Bonchev–Trinajstić information content (AvgIpc) is 2.92. The Morgan fingerprint density at radius 3 is 1.59 bits per heavy atom. The Kier molecular flexibility index (Phi) is 10.4. The van der Waals surface area contributed by atoms with Crippen LogP contribution in [0.3, 0.4) is 0 Å². The number of hydrogen-bond acceptors (Lipinski definition) is 7. The summed E-state index contributed by atoms with van der Waals surface area (Å²) in [5, 5.41) is 30.8. The van der Waals surface area contributed by atoms with Crippen molar-refractivity contribution in [3.8, 4) is 28.7 Å². The number of nitrogens with zero attached hydrogens (tertiary/aromatic N) is 3. The van der Waals surface area contributed by atoms with Gasteiger partial charge >= 0.3 is 11.4 Å². The first kappa shape index (κ1) is 27.1. The maximum atomic E-state index is 11.0. The number of unbranched alkanes of at least 4 members (excludes halogenated alkanes) is 6. The lowest BCUT2D eigenvalue weighted by molar-refractivity contribution is -0.422. The van der Waals surface area contributed by atoms with Gasteiger partial charge in [-0.05, 0) is 54.3 Å². The standard InChI is InChI=1S/C28H29N3O6/c29-21-22-8-10-23(11-9-22)24-12-14-25(15-13-24)36-18-6-4-2-1-3-5-7-19-37-26-16-17-27(30(32)33)28(20-26)31(34)35/h8-17,20H,1-7,18-19H2. The molecule has 0 saturated carbocycles. The molecule has 9 heteroatoms. The third kappa shape index (κ3) is 8.61. The third-order valence-electron chi connectivity index (χ3n) is 5.87. The van der Waals surface area contributed by atoms with Crippen LogP contribution in [0.4, 0.5) is 11.4 Å². The minimum Gasteiger partial charge on any atom is -0.494 e. The molecule has 0 N–H and O–H groups in total. The lowest BCUT2D eigenvalue weighted by Gasteiger charge is -2.08. The summed E-state index contributed by atoms with van der Waals surface area (Å²) in [6.45, 7) is 1.08. The normalized spacial score (nSPS) is 10.5. The lowest BCUT2D eigenvalue weighted by Crippen LogP contribution is -2.00. The lowest BCUT2D eigenvalue weighted by atomic mass is 10.0. The van der Waals surface area contributed by atoms with Gasteiger partial charge in [-0.25, -0.2) is 0 Å². The molecule has 0 bridgehead atoms. The molecule has 3 rings (SSSR count). The zero-order valence-corrected chi connectivity index (χ0v) is 20.5. The number of nitro groups is 2. The first-order valence-electron chi connectivity index (χ1n) is 12.3. The van der Waals surface area contributed by atoms with Crippen molar-refractivity contribution in [3.63, 3.8) is 0 Å². The highest BCUT2D eigenvalue weighted by Crippen LogP contribution is 2.30. The number of ether oxygens (including phenoxy) is 2. The first-order valence-corrected chi connectivity index (χ1v) is 12.3. The molecule has 0 aliphatic rings. The second-order valence-corrected chi connectivity index (χ2v) is 8.55. The van der Waals surface area contributed by atoms with Crippen molar-refractivity contribution in [2.75, 3.05) is 13.2 Å². The van der Waals surface area contributed by atoms with Crippen LogP contribution in [0, 0.1) is 31.6 Å². The SMILES string of the molecule is N#Cc1ccc(-c2ccc(OCCCCCCCCCOc3ccc([N+](=O)[O-])c([N+](=O)[O-])c3)cc2)cc1. The second-order valence-electron chi connectivity index (χ2n) is 8.55. The minimum atomic E-state index is -0.773. The van der Waals surface area contributed by atoms with E-state index >= 15 is 0 Å². The van der Waals surface area contributed by atoms with Crippen LogP contribution in [-0.2, 0) is 0 Å². The molecule has 3 aromatic carbocycles. The van der Waals surface area contributed by atoms with Gasteiger partial charge < -0.3 is 9.47 Å². The molecule has 0 saturated heterocycles. The van der Waals surface area contributed by atoms with Crippen LogP contribution in [0.2, 0.25) is 0 Å². The summed E-state index contributed by atoms with van der Waals surface area (Å²) in [4.78, 5) is 20.3. The van der Waals surface area contributed by atoms with Crippen LogP contribution in [0.1, 0.15) is 50.5 Å². The molecule has 9 nitrogen and oxygen atoms in total. The van der Waals surface area contributed by atoms with Gasteiger partial charge in [0.2, 0.25) is 0 Å². The molecule has 0 unspecified atom stereocenters.